The molecular weight excluding hydrogens is 298 g/mol. The number of hydrogen-bond donors (Lipinski definition) is 4. The molecule has 1 aromatic carbocycles. The minimum atomic E-state index is -0.990. The second-order valence-corrected chi connectivity index (χ2v) is 5.98. The summed E-state index contributed by atoms with van der Waals surface area (Å²) in [5.41, 5.74) is 7.64. The van der Waals surface area contributed by atoms with Crippen molar-refractivity contribution in [1.82, 2.24) is 10.2 Å². The molecule has 1 aromatic rings. The number of β-amino-alcohol motifs (C(OH)–C–C–N with tert-alkyl or cyclic N) is 1. The van der Waals surface area contributed by atoms with E-state index < -0.39 is 12.1 Å². The number of aliphatic hydroxyl groups is 1. The van der Waals surface area contributed by atoms with Gasteiger partial charge in [0.2, 0.25) is 5.91 Å². The number of nitrogens with two attached hydrogens (primary N) is 1. The third-order valence-electron chi connectivity index (χ3n) is 4.16. The number of carboxylic acid groups (broad SMARTS) is 1. The Morgan fingerprint density at radius 2 is 2.17 bits per heavy atom. The molecule has 0 aromatic heterocycles. The zero-order valence-corrected chi connectivity index (χ0v) is 13.2. The lowest BCUT2D eigenvalue weighted by Gasteiger charge is -2.33. The fraction of sp³-hybridized carbons (Fsp3) is 0.500. The van der Waals surface area contributed by atoms with Crippen molar-refractivity contribution in [2.45, 2.75) is 32.0 Å². The summed E-state index contributed by atoms with van der Waals surface area (Å²) in [5, 5.41) is 21.5. The minimum absolute atomic E-state index is 0.159. The standard InChI is InChI=1S/C16H23N3O4/c1-10-2-3-11(16(22)23)6-12(10)7-18-15(21)9-19-5-4-13(17)14(20)8-19/h2-3,6,13-14,20H,4-5,7-9,17H2,1H3,(H,18,21)(H,22,23)/t13-,14-/m1/s1. The van der Waals surface area contributed by atoms with Crippen LogP contribution in [0.25, 0.3) is 0 Å². The van der Waals surface area contributed by atoms with Crippen molar-refractivity contribution in [2.24, 2.45) is 5.73 Å². The van der Waals surface area contributed by atoms with Gasteiger partial charge in [-0.1, -0.05) is 6.07 Å². The Kier molecular flexibility index (Phi) is 5.70. The Morgan fingerprint density at radius 1 is 1.43 bits per heavy atom. The number of carboxylic acids is 1. The highest BCUT2D eigenvalue weighted by Gasteiger charge is 2.25. The number of nitrogens with zero attached hydrogens (tertiary/aromatic N) is 1. The number of rotatable bonds is 5. The largest absolute Gasteiger partial charge is 0.478 e. The summed E-state index contributed by atoms with van der Waals surface area (Å²) in [6.45, 7) is 3.42. The molecule has 1 amide bonds. The summed E-state index contributed by atoms with van der Waals surface area (Å²) in [6.07, 6.45) is 0.0554. The van der Waals surface area contributed by atoms with E-state index in [1.807, 2.05) is 11.8 Å². The van der Waals surface area contributed by atoms with Crippen molar-refractivity contribution in [3.05, 3.63) is 34.9 Å². The van der Waals surface area contributed by atoms with E-state index in [1.54, 1.807) is 18.2 Å². The van der Waals surface area contributed by atoms with Crippen LogP contribution in [0.2, 0.25) is 0 Å². The predicted molar refractivity (Wildman–Crippen MR) is 85.0 cm³/mol. The van der Waals surface area contributed by atoms with E-state index in [4.69, 9.17) is 10.8 Å². The zero-order chi connectivity index (χ0) is 17.0. The van der Waals surface area contributed by atoms with Crippen molar-refractivity contribution < 1.29 is 19.8 Å². The molecule has 23 heavy (non-hydrogen) atoms. The zero-order valence-electron chi connectivity index (χ0n) is 13.2. The van der Waals surface area contributed by atoms with Crippen LogP contribution >= 0.6 is 0 Å². The molecule has 2 rings (SSSR count). The monoisotopic (exact) mass is 321 g/mol. The van der Waals surface area contributed by atoms with Gasteiger partial charge >= 0.3 is 5.97 Å². The number of carbonyl (C=O) groups excluding carboxylic acids is 1. The highest BCUT2D eigenvalue weighted by Crippen LogP contribution is 2.12. The van der Waals surface area contributed by atoms with Gasteiger partial charge in [-0.25, -0.2) is 4.79 Å². The minimum Gasteiger partial charge on any atom is -0.478 e. The predicted octanol–water partition coefficient (Wildman–Crippen LogP) is -0.297. The molecule has 5 N–H and O–H groups in total. The van der Waals surface area contributed by atoms with Crippen LogP contribution in [-0.4, -0.2) is 58.8 Å². The van der Waals surface area contributed by atoms with Crippen molar-refractivity contribution >= 4 is 11.9 Å². The quantitative estimate of drug-likeness (QED) is 0.592. The summed E-state index contributed by atoms with van der Waals surface area (Å²) in [5.74, 6) is -1.15. The Balaban J connectivity index is 1.87. The molecule has 126 valence electrons. The number of piperidine rings is 1. The third kappa shape index (κ3) is 4.75. The van der Waals surface area contributed by atoms with E-state index in [0.29, 0.717) is 19.5 Å². The third-order valence-corrected chi connectivity index (χ3v) is 4.16. The molecular formula is C16H23N3O4. The smallest absolute Gasteiger partial charge is 0.335 e. The van der Waals surface area contributed by atoms with Gasteiger partial charge in [0.05, 0.1) is 18.2 Å². The highest BCUT2D eigenvalue weighted by atomic mass is 16.4. The van der Waals surface area contributed by atoms with Gasteiger partial charge in [0.15, 0.2) is 0 Å². The van der Waals surface area contributed by atoms with Crippen molar-refractivity contribution in [1.29, 1.82) is 0 Å². The van der Waals surface area contributed by atoms with Crippen LogP contribution in [-0.2, 0) is 11.3 Å². The number of likely N-dealkylation sites (tertiary alicyclic amines) is 1. The number of benzene rings is 1. The van der Waals surface area contributed by atoms with E-state index >= 15 is 0 Å². The Morgan fingerprint density at radius 3 is 2.83 bits per heavy atom. The Bertz CT molecular complexity index is 591. The van der Waals surface area contributed by atoms with Crippen molar-refractivity contribution in [2.75, 3.05) is 19.6 Å². The maximum absolute atomic E-state index is 12.0. The van der Waals surface area contributed by atoms with Crippen LogP contribution < -0.4 is 11.1 Å². The number of aromatic carboxylic acids is 1. The van der Waals surface area contributed by atoms with Crippen LogP contribution in [0.3, 0.4) is 0 Å². The maximum Gasteiger partial charge on any atom is 0.335 e. The molecule has 1 heterocycles. The normalized spacial score (nSPS) is 21.9. The van der Waals surface area contributed by atoms with E-state index in [9.17, 15) is 14.7 Å². The molecule has 1 fully saturated rings. The van der Waals surface area contributed by atoms with Crippen molar-refractivity contribution in [3.8, 4) is 0 Å². The number of aliphatic hydroxyl groups excluding tert-OH is 1. The van der Waals surface area contributed by atoms with Gasteiger partial charge in [0.1, 0.15) is 0 Å². The van der Waals surface area contributed by atoms with E-state index in [2.05, 4.69) is 5.32 Å². The van der Waals surface area contributed by atoms with Gasteiger partial charge in [0, 0.05) is 25.7 Å². The molecule has 1 aliphatic rings. The van der Waals surface area contributed by atoms with Gasteiger partial charge in [-0.05, 0) is 36.6 Å². The molecule has 0 radical (unpaired) electrons. The summed E-state index contributed by atoms with van der Waals surface area (Å²) < 4.78 is 0. The first-order valence-corrected chi connectivity index (χ1v) is 7.62. The molecule has 1 saturated heterocycles. The maximum atomic E-state index is 12.0. The van der Waals surface area contributed by atoms with E-state index in [0.717, 1.165) is 11.1 Å². The highest BCUT2D eigenvalue weighted by molar-refractivity contribution is 5.88. The summed E-state index contributed by atoms with van der Waals surface area (Å²) in [7, 11) is 0. The second kappa shape index (κ2) is 7.54. The molecule has 7 heteroatoms. The summed E-state index contributed by atoms with van der Waals surface area (Å²) in [6, 6.07) is 4.62. The van der Waals surface area contributed by atoms with Crippen LogP contribution in [0.4, 0.5) is 0 Å². The average Bonchev–Trinajstić information content (AvgIpc) is 2.50. The van der Waals surface area contributed by atoms with Gasteiger partial charge < -0.3 is 21.3 Å². The lowest BCUT2D eigenvalue weighted by Crippen LogP contribution is -2.52. The molecule has 0 spiro atoms. The molecule has 0 aliphatic carbocycles. The molecule has 7 nitrogen and oxygen atoms in total. The van der Waals surface area contributed by atoms with E-state index in [-0.39, 0.29) is 30.6 Å². The fourth-order valence-electron chi connectivity index (χ4n) is 2.61. The number of hydrogen-bond acceptors (Lipinski definition) is 5. The van der Waals surface area contributed by atoms with Gasteiger partial charge in [-0.15, -0.1) is 0 Å². The molecule has 2 atom stereocenters. The summed E-state index contributed by atoms with van der Waals surface area (Å²) >= 11 is 0. The molecule has 0 unspecified atom stereocenters. The molecule has 0 bridgehead atoms. The molecule has 1 aliphatic heterocycles. The SMILES string of the molecule is Cc1ccc(C(=O)O)cc1CNC(=O)CN1CC[C@@H](N)[C@H](O)C1. The first-order chi connectivity index (χ1) is 10.9. The lowest BCUT2D eigenvalue weighted by molar-refractivity contribution is -0.123. The lowest BCUT2D eigenvalue weighted by atomic mass is 10.0. The summed E-state index contributed by atoms with van der Waals surface area (Å²) in [4.78, 5) is 24.9. The molecule has 0 saturated carbocycles. The fourth-order valence-corrected chi connectivity index (χ4v) is 2.61. The van der Waals surface area contributed by atoms with Crippen LogP contribution in [0.1, 0.15) is 27.9 Å². The number of amides is 1. The number of aryl methyl sites for hydroxylation is 1. The van der Waals surface area contributed by atoms with Gasteiger partial charge in [-0.3, -0.25) is 9.69 Å². The Labute approximate surface area is 135 Å². The van der Waals surface area contributed by atoms with Crippen molar-refractivity contribution in [3.63, 3.8) is 0 Å². The van der Waals surface area contributed by atoms with Gasteiger partial charge in [0.25, 0.3) is 0 Å². The first kappa shape index (κ1) is 17.4. The average molecular weight is 321 g/mol. The van der Waals surface area contributed by atoms with E-state index in [1.165, 1.54) is 0 Å². The number of carbonyl (C=O) groups is 2. The Hall–Kier alpha value is -1.96. The topological polar surface area (TPSA) is 116 Å². The van der Waals surface area contributed by atoms with Crippen LogP contribution in [0, 0.1) is 6.92 Å². The second-order valence-electron chi connectivity index (χ2n) is 5.98. The van der Waals surface area contributed by atoms with Crippen LogP contribution in [0.15, 0.2) is 18.2 Å². The van der Waals surface area contributed by atoms with Gasteiger partial charge in [-0.2, -0.15) is 0 Å². The number of nitrogens with one attached hydrogen (secondary N) is 1. The van der Waals surface area contributed by atoms with Crippen LogP contribution in [0.5, 0.6) is 0 Å². The first-order valence-electron chi connectivity index (χ1n) is 7.62.